The van der Waals surface area contributed by atoms with Crippen LogP contribution in [0, 0.1) is 5.92 Å². The summed E-state index contributed by atoms with van der Waals surface area (Å²) >= 11 is 0. The third kappa shape index (κ3) is 9.48. The first-order valence-corrected chi connectivity index (χ1v) is 10.1. The van der Waals surface area contributed by atoms with E-state index in [2.05, 4.69) is 62.9 Å². The van der Waals surface area contributed by atoms with E-state index in [0.717, 1.165) is 32.4 Å². The molecule has 0 radical (unpaired) electrons. The molecule has 1 amide bonds. The highest BCUT2D eigenvalue weighted by Crippen LogP contribution is 2.17. The zero-order valence-electron chi connectivity index (χ0n) is 16.8. The van der Waals surface area contributed by atoms with Crippen molar-refractivity contribution in [2.45, 2.75) is 72.6 Å². The molecule has 0 heterocycles. The predicted octanol–water partition coefficient (Wildman–Crippen LogP) is 6.33. The monoisotopic (exact) mass is 343 g/mol. The molecule has 0 fully saturated rings. The summed E-state index contributed by atoms with van der Waals surface area (Å²) in [6, 6.07) is 10.5. The second-order valence-corrected chi connectivity index (χ2v) is 7.44. The van der Waals surface area contributed by atoms with E-state index < -0.39 is 0 Å². The van der Waals surface area contributed by atoms with Crippen LogP contribution in [0.15, 0.2) is 35.9 Å². The molecule has 0 aliphatic rings. The molecule has 0 spiro atoms. The summed E-state index contributed by atoms with van der Waals surface area (Å²) in [4.78, 5) is 14.7. The number of hydrogen-bond acceptors (Lipinski definition) is 1. The lowest BCUT2D eigenvalue weighted by Gasteiger charge is -2.26. The van der Waals surface area contributed by atoms with Crippen LogP contribution in [0.2, 0.25) is 0 Å². The zero-order chi connectivity index (χ0) is 18.5. The highest BCUT2D eigenvalue weighted by molar-refractivity contribution is 5.76. The van der Waals surface area contributed by atoms with Gasteiger partial charge in [-0.05, 0) is 30.7 Å². The van der Waals surface area contributed by atoms with Gasteiger partial charge in [0.05, 0.1) is 0 Å². The number of carbonyl (C=O) groups excluding carboxylic acids is 1. The first kappa shape index (κ1) is 21.5. The van der Waals surface area contributed by atoms with Crippen LogP contribution in [-0.2, 0) is 4.79 Å². The Morgan fingerprint density at radius 2 is 1.68 bits per heavy atom. The molecular weight excluding hydrogens is 306 g/mol. The summed E-state index contributed by atoms with van der Waals surface area (Å²) in [5.41, 5.74) is 2.62. The van der Waals surface area contributed by atoms with E-state index >= 15 is 0 Å². The van der Waals surface area contributed by atoms with Crippen LogP contribution in [0.4, 0.5) is 0 Å². The minimum absolute atomic E-state index is 0.310. The third-order valence-corrected chi connectivity index (χ3v) is 4.35. The van der Waals surface area contributed by atoms with Gasteiger partial charge in [-0.25, -0.2) is 0 Å². The van der Waals surface area contributed by atoms with Crippen molar-refractivity contribution in [1.82, 2.24) is 4.90 Å². The largest absolute Gasteiger partial charge is 0.338 e. The number of benzene rings is 1. The van der Waals surface area contributed by atoms with Gasteiger partial charge < -0.3 is 4.90 Å². The van der Waals surface area contributed by atoms with Crippen molar-refractivity contribution in [3.63, 3.8) is 0 Å². The van der Waals surface area contributed by atoms with Crippen LogP contribution in [0.5, 0.6) is 0 Å². The topological polar surface area (TPSA) is 20.3 Å². The highest BCUT2D eigenvalue weighted by atomic mass is 16.2. The van der Waals surface area contributed by atoms with Crippen LogP contribution < -0.4 is 0 Å². The highest BCUT2D eigenvalue weighted by Gasteiger charge is 2.16. The lowest BCUT2D eigenvalue weighted by atomic mass is 10.0. The van der Waals surface area contributed by atoms with Crippen molar-refractivity contribution >= 4 is 12.0 Å². The molecule has 0 atom stereocenters. The predicted molar refractivity (Wildman–Crippen MR) is 110 cm³/mol. The maximum atomic E-state index is 12.7. The molecule has 2 heteroatoms. The fourth-order valence-electron chi connectivity index (χ4n) is 3.01. The summed E-state index contributed by atoms with van der Waals surface area (Å²) in [7, 11) is 0. The van der Waals surface area contributed by atoms with Gasteiger partial charge in [0, 0.05) is 19.5 Å². The summed E-state index contributed by atoms with van der Waals surface area (Å²) < 4.78 is 0. The van der Waals surface area contributed by atoms with Crippen molar-refractivity contribution in [2.24, 2.45) is 5.92 Å². The fraction of sp³-hybridized carbons (Fsp3) is 0.609. The standard InChI is InChI=1S/C23H37NO/c1-5-7-10-15-22(17-21-13-11-9-12-14-21)19-24(18-20(3)4)23(25)16-8-6-2/h9,11-14,17,20H,5-8,10,15-16,18-19H2,1-4H3. The summed E-state index contributed by atoms with van der Waals surface area (Å²) in [5, 5.41) is 0. The molecule has 0 saturated heterocycles. The molecular formula is C23H37NO. The zero-order valence-corrected chi connectivity index (χ0v) is 16.8. The first-order chi connectivity index (χ1) is 12.1. The molecule has 140 valence electrons. The Morgan fingerprint density at radius 1 is 1.00 bits per heavy atom. The van der Waals surface area contributed by atoms with E-state index in [1.807, 2.05) is 6.07 Å². The number of carbonyl (C=O) groups is 1. The van der Waals surface area contributed by atoms with Gasteiger partial charge in [-0.2, -0.15) is 0 Å². The maximum absolute atomic E-state index is 12.7. The van der Waals surface area contributed by atoms with Crippen LogP contribution in [0.25, 0.3) is 6.08 Å². The molecule has 1 rings (SSSR count). The number of nitrogens with zero attached hydrogens (tertiary/aromatic N) is 1. The van der Waals surface area contributed by atoms with Crippen LogP contribution in [0.3, 0.4) is 0 Å². The van der Waals surface area contributed by atoms with Crippen molar-refractivity contribution in [3.05, 3.63) is 41.5 Å². The molecule has 0 N–H and O–H groups in total. The number of rotatable bonds is 12. The van der Waals surface area contributed by atoms with Crippen LogP contribution >= 0.6 is 0 Å². The second-order valence-electron chi connectivity index (χ2n) is 7.44. The van der Waals surface area contributed by atoms with Crippen molar-refractivity contribution < 1.29 is 4.79 Å². The summed E-state index contributed by atoms with van der Waals surface area (Å²) in [6.45, 7) is 10.4. The van der Waals surface area contributed by atoms with Gasteiger partial charge in [-0.15, -0.1) is 0 Å². The van der Waals surface area contributed by atoms with Gasteiger partial charge >= 0.3 is 0 Å². The number of unbranched alkanes of at least 4 members (excludes halogenated alkanes) is 3. The molecule has 1 aromatic rings. The molecule has 0 unspecified atom stereocenters. The van der Waals surface area contributed by atoms with E-state index in [1.165, 1.54) is 30.4 Å². The normalized spacial score (nSPS) is 11.8. The smallest absolute Gasteiger partial charge is 0.222 e. The third-order valence-electron chi connectivity index (χ3n) is 4.35. The van der Waals surface area contributed by atoms with E-state index in [1.54, 1.807) is 0 Å². The summed E-state index contributed by atoms with van der Waals surface area (Å²) in [5.74, 6) is 0.809. The Bertz CT molecular complexity index is 504. The van der Waals surface area contributed by atoms with E-state index in [4.69, 9.17) is 0 Å². The Hall–Kier alpha value is -1.57. The molecule has 0 saturated carbocycles. The Balaban J connectivity index is 2.88. The lowest BCUT2D eigenvalue weighted by Crippen LogP contribution is -2.35. The van der Waals surface area contributed by atoms with Crippen molar-refractivity contribution in [1.29, 1.82) is 0 Å². The first-order valence-electron chi connectivity index (χ1n) is 10.1. The average molecular weight is 344 g/mol. The fourth-order valence-corrected chi connectivity index (χ4v) is 3.01. The number of hydrogen-bond donors (Lipinski definition) is 0. The molecule has 25 heavy (non-hydrogen) atoms. The minimum atomic E-state index is 0.310. The van der Waals surface area contributed by atoms with E-state index in [9.17, 15) is 4.79 Å². The quantitative estimate of drug-likeness (QED) is 0.406. The SMILES string of the molecule is CCCCCC(=Cc1ccccc1)CN(CC(C)C)C(=O)CCCC. The van der Waals surface area contributed by atoms with Gasteiger partial charge in [0.25, 0.3) is 0 Å². The van der Waals surface area contributed by atoms with Crippen molar-refractivity contribution in [2.75, 3.05) is 13.1 Å². The molecule has 0 bridgehead atoms. The average Bonchev–Trinajstić information content (AvgIpc) is 2.59. The van der Waals surface area contributed by atoms with Crippen molar-refractivity contribution in [3.8, 4) is 0 Å². The van der Waals surface area contributed by atoms with Crippen LogP contribution in [-0.4, -0.2) is 23.9 Å². The second kappa shape index (κ2) is 12.7. The molecule has 0 aliphatic heterocycles. The van der Waals surface area contributed by atoms with Gasteiger partial charge in [-0.3, -0.25) is 4.79 Å². The van der Waals surface area contributed by atoms with Crippen LogP contribution in [0.1, 0.15) is 78.2 Å². The molecule has 0 aromatic heterocycles. The van der Waals surface area contributed by atoms with Gasteiger partial charge in [0.15, 0.2) is 0 Å². The molecule has 2 nitrogen and oxygen atoms in total. The minimum Gasteiger partial charge on any atom is -0.338 e. The Kier molecular flexibility index (Phi) is 10.9. The van der Waals surface area contributed by atoms with Gasteiger partial charge in [-0.1, -0.05) is 88.9 Å². The summed E-state index contributed by atoms with van der Waals surface area (Å²) in [6.07, 6.45) is 9.79. The Morgan fingerprint density at radius 3 is 2.28 bits per heavy atom. The van der Waals surface area contributed by atoms with Gasteiger partial charge in [0.1, 0.15) is 0 Å². The Labute approximate surface area is 155 Å². The van der Waals surface area contributed by atoms with E-state index in [-0.39, 0.29) is 0 Å². The lowest BCUT2D eigenvalue weighted by molar-refractivity contribution is -0.131. The van der Waals surface area contributed by atoms with Gasteiger partial charge in [0.2, 0.25) is 5.91 Å². The molecule has 0 aliphatic carbocycles. The maximum Gasteiger partial charge on any atom is 0.222 e. The number of amides is 1. The van der Waals surface area contributed by atoms with E-state index in [0.29, 0.717) is 18.2 Å². The molecule has 1 aromatic carbocycles.